The molecule has 1 aliphatic carbocycles. The summed E-state index contributed by atoms with van der Waals surface area (Å²) < 4.78 is 10.2. The van der Waals surface area contributed by atoms with Crippen LogP contribution in [0.15, 0.2) is 36.4 Å². The highest BCUT2D eigenvalue weighted by Gasteiger charge is 2.26. The lowest BCUT2D eigenvalue weighted by molar-refractivity contribution is 0.0601. The third kappa shape index (κ3) is 3.26. The van der Waals surface area contributed by atoms with Crippen molar-refractivity contribution in [2.24, 2.45) is 0 Å². The van der Waals surface area contributed by atoms with E-state index in [1.54, 1.807) is 13.2 Å². The molecule has 0 aliphatic heterocycles. The third-order valence-electron chi connectivity index (χ3n) is 5.75. The fourth-order valence-electron chi connectivity index (χ4n) is 4.32. The lowest BCUT2D eigenvalue weighted by Crippen LogP contribution is -2.05. The number of carbonyl (C=O) groups is 1. The van der Waals surface area contributed by atoms with Crippen LogP contribution in [0.3, 0.4) is 0 Å². The molecule has 28 heavy (non-hydrogen) atoms. The van der Waals surface area contributed by atoms with E-state index in [1.165, 1.54) is 44.8 Å². The van der Waals surface area contributed by atoms with Crippen LogP contribution in [0.5, 0.6) is 5.75 Å². The number of carbonyl (C=O) groups excluding carboxylic acids is 1. The fourth-order valence-corrected chi connectivity index (χ4v) is 4.61. The molecule has 1 heterocycles. The van der Waals surface area contributed by atoms with Crippen molar-refractivity contribution < 1.29 is 14.3 Å². The molecule has 0 bridgehead atoms. The molecular formula is C23H24ClNO3. The Hall–Kier alpha value is -2.46. The second-order valence-electron chi connectivity index (χ2n) is 7.32. The Kier molecular flexibility index (Phi) is 5.31. The third-order valence-corrected chi connectivity index (χ3v) is 6.14. The Morgan fingerprint density at radius 2 is 1.75 bits per heavy atom. The molecule has 1 aliphatic rings. The summed E-state index contributed by atoms with van der Waals surface area (Å²) in [4.78, 5) is 15.6. The molecule has 0 unspecified atom stereocenters. The molecule has 5 heteroatoms. The highest BCUT2D eigenvalue weighted by atomic mass is 35.5. The number of H-pyrrole nitrogens is 1. The molecule has 1 saturated carbocycles. The number of fused-ring (bicyclic) bond motifs is 1. The molecular weight excluding hydrogens is 374 g/mol. The summed E-state index contributed by atoms with van der Waals surface area (Å²) in [6.45, 7) is 0. The van der Waals surface area contributed by atoms with Gasteiger partial charge in [0.2, 0.25) is 0 Å². The molecule has 1 aromatic heterocycles. The predicted octanol–water partition coefficient (Wildman–Crippen LogP) is 6.33. The first-order valence-electron chi connectivity index (χ1n) is 9.71. The van der Waals surface area contributed by atoms with Crippen LogP contribution in [0.2, 0.25) is 5.02 Å². The van der Waals surface area contributed by atoms with Gasteiger partial charge >= 0.3 is 5.97 Å². The summed E-state index contributed by atoms with van der Waals surface area (Å²) in [7, 11) is 3.04. The fraction of sp³-hybridized carbons (Fsp3) is 0.348. The number of methoxy groups -OCH3 is 2. The number of nitrogens with one attached hydrogen (secondary N) is 1. The van der Waals surface area contributed by atoms with E-state index in [2.05, 4.69) is 17.1 Å². The second-order valence-corrected chi connectivity index (χ2v) is 7.70. The Labute approximate surface area is 169 Å². The second kappa shape index (κ2) is 7.88. The van der Waals surface area contributed by atoms with Gasteiger partial charge < -0.3 is 14.5 Å². The highest BCUT2D eigenvalue weighted by molar-refractivity contribution is 6.38. The van der Waals surface area contributed by atoms with Crippen LogP contribution in [0.1, 0.15) is 53.9 Å². The summed E-state index contributed by atoms with van der Waals surface area (Å²) in [6.07, 6.45) is 6.13. The molecule has 1 fully saturated rings. The smallest absolute Gasteiger partial charge is 0.339 e. The van der Waals surface area contributed by atoms with E-state index in [4.69, 9.17) is 21.1 Å². The molecule has 2 aromatic carbocycles. The van der Waals surface area contributed by atoms with Crippen LogP contribution in [0.4, 0.5) is 0 Å². The van der Waals surface area contributed by atoms with Crippen molar-refractivity contribution in [3.05, 3.63) is 52.5 Å². The first-order chi connectivity index (χ1) is 13.6. The minimum absolute atomic E-state index is 0.384. The number of benzene rings is 2. The van der Waals surface area contributed by atoms with Crippen LogP contribution in [0.25, 0.3) is 22.2 Å². The van der Waals surface area contributed by atoms with Crippen LogP contribution < -0.4 is 4.74 Å². The number of aromatic nitrogens is 1. The van der Waals surface area contributed by atoms with Crippen LogP contribution in [0, 0.1) is 0 Å². The van der Waals surface area contributed by atoms with E-state index in [1.807, 2.05) is 18.2 Å². The Morgan fingerprint density at radius 1 is 1.04 bits per heavy atom. The monoisotopic (exact) mass is 397 g/mol. The number of ether oxygens (including phenoxy) is 2. The van der Waals surface area contributed by atoms with Crippen molar-refractivity contribution in [3.63, 3.8) is 0 Å². The minimum atomic E-state index is -0.424. The van der Waals surface area contributed by atoms with Crippen LogP contribution in [-0.4, -0.2) is 25.2 Å². The lowest BCUT2D eigenvalue weighted by Gasteiger charge is -2.23. The average Bonchev–Trinajstić information content (AvgIpc) is 3.14. The van der Waals surface area contributed by atoms with Gasteiger partial charge in [-0.15, -0.1) is 0 Å². The maximum absolute atomic E-state index is 12.1. The van der Waals surface area contributed by atoms with Crippen molar-refractivity contribution >= 4 is 28.5 Å². The summed E-state index contributed by atoms with van der Waals surface area (Å²) in [5.74, 6) is 0.886. The zero-order valence-electron chi connectivity index (χ0n) is 16.2. The van der Waals surface area contributed by atoms with E-state index in [-0.39, 0.29) is 0 Å². The zero-order valence-corrected chi connectivity index (χ0v) is 16.9. The van der Waals surface area contributed by atoms with Gasteiger partial charge in [0, 0.05) is 5.39 Å². The van der Waals surface area contributed by atoms with E-state index in [0.717, 1.165) is 27.9 Å². The lowest BCUT2D eigenvalue weighted by atomic mass is 9.82. The largest absolute Gasteiger partial charge is 0.497 e. The number of rotatable bonds is 4. The normalized spacial score (nSPS) is 15.0. The maximum atomic E-state index is 12.1. The molecule has 146 valence electrons. The highest BCUT2D eigenvalue weighted by Crippen LogP contribution is 2.44. The Bertz CT molecular complexity index is 1000. The van der Waals surface area contributed by atoms with Gasteiger partial charge in [-0.1, -0.05) is 36.9 Å². The number of halogens is 1. The Morgan fingerprint density at radius 3 is 2.39 bits per heavy atom. The molecule has 4 rings (SSSR count). The number of hydrogen-bond donors (Lipinski definition) is 1. The van der Waals surface area contributed by atoms with Crippen molar-refractivity contribution in [1.29, 1.82) is 0 Å². The van der Waals surface area contributed by atoms with Crippen LogP contribution >= 0.6 is 11.6 Å². The van der Waals surface area contributed by atoms with Crippen molar-refractivity contribution in [2.45, 2.75) is 38.0 Å². The van der Waals surface area contributed by atoms with Gasteiger partial charge in [0.1, 0.15) is 5.75 Å². The molecule has 0 spiro atoms. The summed E-state index contributed by atoms with van der Waals surface area (Å²) in [5.41, 5.74) is 4.66. The van der Waals surface area contributed by atoms with E-state index in [0.29, 0.717) is 16.5 Å². The predicted molar refractivity (Wildman–Crippen MR) is 112 cm³/mol. The van der Waals surface area contributed by atoms with E-state index in [9.17, 15) is 4.79 Å². The molecule has 4 nitrogen and oxygen atoms in total. The summed E-state index contributed by atoms with van der Waals surface area (Å²) >= 11 is 6.62. The minimum Gasteiger partial charge on any atom is -0.497 e. The summed E-state index contributed by atoms with van der Waals surface area (Å²) in [6, 6.07) is 11.8. The Balaban J connectivity index is 1.92. The molecule has 0 radical (unpaired) electrons. The molecule has 0 saturated heterocycles. The van der Waals surface area contributed by atoms with E-state index >= 15 is 0 Å². The number of hydrogen-bond acceptors (Lipinski definition) is 3. The first kappa shape index (κ1) is 18.9. The number of esters is 1. The maximum Gasteiger partial charge on any atom is 0.339 e. The van der Waals surface area contributed by atoms with Gasteiger partial charge in [0.05, 0.1) is 36.0 Å². The average molecular weight is 398 g/mol. The van der Waals surface area contributed by atoms with Gasteiger partial charge in [-0.2, -0.15) is 0 Å². The van der Waals surface area contributed by atoms with Gasteiger partial charge in [0.25, 0.3) is 0 Å². The van der Waals surface area contributed by atoms with Crippen molar-refractivity contribution in [3.8, 4) is 17.0 Å². The van der Waals surface area contributed by atoms with Gasteiger partial charge in [-0.25, -0.2) is 4.79 Å². The quantitative estimate of drug-likeness (QED) is 0.523. The van der Waals surface area contributed by atoms with Crippen molar-refractivity contribution in [2.75, 3.05) is 14.2 Å². The molecule has 3 aromatic rings. The first-order valence-corrected chi connectivity index (χ1v) is 10.1. The number of aromatic amines is 1. The summed E-state index contributed by atoms with van der Waals surface area (Å²) in [5, 5.41) is 1.51. The van der Waals surface area contributed by atoms with Crippen LogP contribution in [-0.2, 0) is 4.74 Å². The van der Waals surface area contributed by atoms with Gasteiger partial charge in [-0.3, -0.25) is 0 Å². The standard InChI is InChI=1S/C23H24ClNO3/c1-27-16-10-8-15(9-11-16)21-19(14-6-4-3-5-7-14)17-12-13-18(23(26)28-2)20(24)22(17)25-21/h8-14,25H,3-7H2,1-2H3. The van der Waals surface area contributed by atoms with E-state index < -0.39 is 5.97 Å². The molecule has 1 N–H and O–H groups in total. The van der Waals surface area contributed by atoms with Gasteiger partial charge in [-0.05, 0) is 60.2 Å². The zero-order chi connectivity index (χ0) is 19.7. The van der Waals surface area contributed by atoms with Gasteiger partial charge in [0.15, 0.2) is 0 Å². The topological polar surface area (TPSA) is 51.3 Å². The molecule has 0 atom stereocenters. The SMILES string of the molecule is COC(=O)c1ccc2c(C3CCCCC3)c(-c3ccc(OC)cc3)[nH]c2c1Cl. The molecule has 0 amide bonds. The van der Waals surface area contributed by atoms with Crippen molar-refractivity contribution in [1.82, 2.24) is 4.98 Å².